The molecule has 1 atom stereocenters. The van der Waals surface area contributed by atoms with Gasteiger partial charge in [0.15, 0.2) is 0 Å². The summed E-state index contributed by atoms with van der Waals surface area (Å²) in [6.45, 7) is 3.88. The number of hydrogen-bond donors (Lipinski definition) is 3. The molecule has 0 heterocycles. The molecule has 0 aromatic heterocycles. The zero-order valence-corrected chi connectivity index (χ0v) is 14.0. The highest BCUT2D eigenvalue weighted by atomic mass is 35.5. The van der Waals surface area contributed by atoms with E-state index in [9.17, 15) is 0 Å². The van der Waals surface area contributed by atoms with Crippen molar-refractivity contribution in [1.29, 1.82) is 0 Å². The molecule has 0 aliphatic rings. The van der Waals surface area contributed by atoms with Gasteiger partial charge in [-0.1, -0.05) is 35.9 Å². The monoisotopic (exact) mass is 328 g/mol. The quantitative estimate of drug-likeness (QED) is 0.574. The summed E-state index contributed by atoms with van der Waals surface area (Å²) in [4.78, 5) is 4.37. The van der Waals surface area contributed by atoms with Gasteiger partial charge in [-0.25, -0.2) is 4.99 Å². The summed E-state index contributed by atoms with van der Waals surface area (Å²) in [5.74, 6) is 0.616. The van der Waals surface area contributed by atoms with E-state index in [0.29, 0.717) is 22.2 Å². The first-order valence-corrected chi connectivity index (χ1v) is 7.75. The maximum atomic E-state index is 6.27. The van der Waals surface area contributed by atoms with Crippen molar-refractivity contribution in [3.63, 3.8) is 0 Å². The third-order valence-corrected chi connectivity index (χ3v) is 3.67. The number of anilines is 1. The predicted molar refractivity (Wildman–Crippen MR) is 99.1 cm³/mol. The largest absolute Gasteiger partial charge is 0.399 e. The van der Waals surface area contributed by atoms with E-state index in [1.807, 2.05) is 62.4 Å². The van der Waals surface area contributed by atoms with Crippen LogP contribution in [0.1, 0.15) is 31.0 Å². The second-order valence-electron chi connectivity index (χ2n) is 5.19. The molecule has 0 amide bonds. The molecule has 5 N–H and O–H groups in total. The topological polar surface area (TPSA) is 76.4 Å². The van der Waals surface area contributed by atoms with E-state index in [0.717, 1.165) is 11.1 Å². The van der Waals surface area contributed by atoms with E-state index in [-0.39, 0.29) is 6.04 Å². The van der Waals surface area contributed by atoms with Crippen LogP contribution in [0.15, 0.2) is 59.3 Å². The van der Waals surface area contributed by atoms with Crippen LogP contribution >= 0.6 is 11.6 Å². The van der Waals surface area contributed by atoms with Gasteiger partial charge >= 0.3 is 0 Å². The average Bonchev–Trinajstić information content (AvgIpc) is 2.54. The fraction of sp³-hybridized carbons (Fsp3) is 0.167. The van der Waals surface area contributed by atoms with Crippen LogP contribution in [0.3, 0.4) is 0 Å². The van der Waals surface area contributed by atoms with Crippen molar-refractivity contribution in [2.75, 3.05) is 5.73 Å². The standard InChI is InChI=1S/C18H21ClN4/c1-3-22-18(17(21)13-7-9-16(20)10-8-13)23-12(2)14-5-4-6-15(19)11-14/h3-12,23H,20-21H2,1-2H3/b18-17+,22-3?. The van der Waals surface area contributed by atoms with Gasteiger partial charge in [-0.3, -0.25) is 0 Å². The van der Waals surface area contributed by atoms with Gasteiger partial charge in [0.05, 0.1) is 11.7 Å². The molecule has 2 aromatic rings. The average molecular weight is 329 g/mol. The number of benzene rings is 2. The summed E-state index contributed by atoms with van der Waals surface area (Å²) in [5, 5.41) is 4.04. The van der Waals surface area contributed by atoms with Crippen LogP contribution in [0.4, 0.5) is 5.69 Å². The molecule has 0 spiro atoms. The lowest BCUT2D eigenvalue weighted by Gasteiger charge is -2.18. The van der Waals surface area contributed by atoms with Crippen LogP contribution in [0.2, 0.25) is 5.02 Å². The van der Waals surface area contributed by atoms with Gasteiger partial charge in [-0.15, -0.1) is 0 Å². The third kappa shape index (κ3) is 4.50. The number of nitrogens with one attached hydrogen (secondary N) is 1. The number of aliphatic imine (C=N–C) groups is 1. The SMILES string of the molecule is CC=N/C(NC(C)c1cccc(Cl)c1)=C(\N)c1ccc(N)cc1. The summed E-state index contributed by atoms with van der Waals surface area (Å²) in [7, 11) is 0. The lowest BCUT2D eigenvalue weighted by Crippen LogP contribution is -2.20. The molecule has 0 radical (unpaired) electrons. The minimum atomic E-state index is 0.0136. The first kappa shape index (κ1) is 16.9. The van der Waals surface area contributed by atoms with Gasteiger partial charge in [-0.05, 0) is 43.7 Å². The molecule has 5 heteroatoms. The Bertz CT molecular complexity index is 720. The van der Waals surface area contributed by atoms with E-state index in [1.54, 1.807) is 6.21 Å². The molecule has 23 heavy (non-hydrogen) atoms. The van der Waals surface area contributed by atoms with Crippen molar-refractivity contribution in [3.8, 4) is 0 Å². The fourth-order valence-electron chi connectivity index (χ4n) is 2.18. The summed E-state index contributed by atoms with van der Waals surface area (Å²) in [6, 6.07) is 15.1. The van der Waals surface area contributed by atoms with Crippen LogP contribution in [0.25, 0.3) is 5.70 Å². The molecule has 0 bridgehead atoms. The van der Waals surface area contributed by atoms with Crippen molar-refractivity contribution in [2.24, 2.45) is 10.7 Å². The Labute approximate surface area is 141 Å². The lowest BCUT2D eigenvalue weighted by molar-refractivity contribution is 0.649. The van der Waals surface area contributed by atoms with Crippen molar-refractivity contribution in [2.45, 2.75) is 19.9 Å². The highest BCUT2D eigenvalue weighted by Crippen LogP contribution is 2.21. The zero-order valence-electron chi connectivity index (χ0n) is 13.3. The molecule has 2 aromatic carbocycles. The Morgan fingerprint density at radius 1 is 1.22 bits per heavy atom. The van der Waals surface area contributed by atoms with E-state index < -0.39 is 0 Å². The minimum absolute atomic E-state index is 0.0136. The first-order valence-electron chi connectivity index (χ1n) is 7.37. The maximum Gasteiger partial charge on any atom is 0.149 e. The highest BCUT2D eigenvalue weighted by Gasteiger charge is 2.11. The number of halogens is 1. The Morgan fingerprint density at radius 3 is 2.52 bits per heavy atom. The number of nitrogen functional groups attached to an aromatic ring is 1. The molecule has 0 saturated heterocycles. The summed E-state index contributed by atoms with van der Waals surface area (Å²) >= 11 is 6.05. The van der Waals surface area contributed by atoms with Gasteiger partial charge in [0.2, 0.25) is 0 Å². The summed E-state index contributed by atoms with van der Waals surface area (Å²) in [5.41, 5.74) is 15.2. The number of nitrogens with zero attached hydrogens (tertiary/aromatic N) is 1. The van der Waals surface area contributed by atoms with Crippen LogP contribution < -0.4 is 16.8 Å². The minimum Gasteiger partial charge on any atom is -0.399 e. The molecule has 0 aliphatic carbocycles. The van der Waals surface area contributed by atoms with Gasteiger partial charge in [-0.2, -0.15) is 0 Å². The second-order valence-corrected chi connectivity index (χ2v) is 5.63. The Kier molecular flexibility index (Phi) is 5.66. The molecule has 0 aliphatic heterocycles. The van der Waals surface area contributed by atoms with Gasteiger partial charge in [0.25, 0.3) is 0 Å². The van der Waals surface area contributed by atoms with E-state index in [2.05, 4.69) is 10.3 Å². The molecule has 120 valence electrons. The van der Waals surface area contributed by atoms with E-state index in [1.165, 1.54) is 0 Å². The smallest absolute Gasteiger partial charge is 0.149 e. The van der Waals surface area contributed by atoms with Crippen molar-refractivity contribution in [3.05, 3.63) is 70.5 Å². The summed E-state index contributed by atoms with van der Waals surface area (Å²) < 4.78 is 0. The Morgan fingerprint density at radius 2 is 1.91 bits per heavy atom. The zero-order chi connectivity index (χ0) is 16.8. The Balaban J connectivity index is 2.30. The molecule has 0 fully saturated rings. The van der Waals surface area contributed by atoms with E-state index in [4.69, 9.17) is 23.1 Å². The van der Waals surface area contributed by atoms with Crippen LogP contribution in [0, 0.1) is 0 Å². The van der Waals surface area contributed by atoms with Gasteiger partial charge in [0.1, 0.15) is 5.82 Å². The van der Waals surface area contributed by atoms with Crippen LogP contribution in [-0.2, 0) is 0 Å². The first-order chi connectivity index (χ1) is 11.0. The van der Waals surface area contributed by atoms with Gasteiger partial charge < -0.3 is 16.8 Å². The Hall–Kier alpha value is -2.46. The maximum absolute atomic E-state index is 6.27. The van der Waals surface area contributed by atoms with Crippen LogP contribution in [-0.4, -0.2) is 6.21 Å². The fourth-order valence-corrected chi connectivity index (χ4v) is 2.38. The van der Waals surface area contributed by atoms with Crippen molar-refractivity contribution >= 4 is 29.2 Å². The lowest BCUT2D eigenvalue weighted by atomic mass is 10.1. The molecular formula is C18H21ClN4. The number of rotatable bonds is 5. The van der Waals surface area contributed by atoms with Crippen molar-refractivity contribution in [1.82, 2.24) is 5.32 Å². The molecule has 0 saturated carbocycles. The van der Waals surface area contributed by atoms with Gasteiger partial charge in [0, 0.05) is 22.5 Å². The highest BCUT2D eigenvalue weighted by molar-refractivity contribution is 6.30. The number of hydrogen-bond acceptors (Lipinski definition) is 4. The molecule has 1 unspecified atom stereocenters. The molecule has 4 nitrogen and oxygen atoms in total. The van der Waals surface area contributed by atoms with E-state index >= 15 is 0 Å². The molecule has 2 rings (SSSR count). The second kappa shape index (κ2) is 7.70. The van der Waals surface area contributed by atoms with Crippen LogP contribution in [0.5, 0.6) is 0 Å². The number of nitrogens with two attached hydrogens (primary N) is 2. The molecular weight excluding hydrogens is 308 g/mol. The summed E-state index contributed by atoms with van der Waals surface area (Å²) in [6.07, 6.45) is 1.71. The third-order valence-electron chi connectivity index (χ3n) is 3.44. The normalized spacial score (nSPS) is 13.7. The van der Waals surface area contributed by atoms with Crippen molar-refractivity contribution < 1.29 is 0 Å². The predicted octanol–water partition coefficient (Wildman–Crippen LogP) is 3.95.